The Morgan fingerprint density at radius 2 is 1.81 bits per heavy atom. The van der Waals surface area contributed by atoms with Crippen LogP contribution in [0.15, 0.2) is 18.2 Å². The van der Waals surface area contributed by atoms with Crippen LogP contribution < -0.4 is 20.5 Å². The third kappa shape index (κ3) is 3.76. The predicted octanol–water partition coefficient (Wildman–Crippen LogP) is 1.10. The van der Waals surface area contributed by atoms with Gasteiger partial charge in [-0.05, 0) is 11.6 Å². The number of benzene rings is 1. The molecule has 1 aromatic heterocycles. The smallest absolute Gasteiger partial charge is 0.324 e. The molecule has 0 aliphatic heterocycles. The van der Waals surface area contributed by atoms with Gasteiger partial charge in [-0.15, -0.1) is 4.98 Å². The van der Waals surface area contributed by atoms with Crippen LogP contribution in [0.1, 0.15) is 11.1 Å². The fourth-order valence-electron chi connectivity index (χ4n) is 1.64. The van der Waals surface area contributed by atoms with Crippen LogP contribution in [-0.2, 0) is 13.1 Å². The fraction of sp³-hybridized carbons (Fsp3) is 0.308. The van der Waals surface area contributed by atoms with Crippen molar-refractivity contribution in [3.63, 3.8) is 0 Å². The molecule has 0 amide bonds. The summed E-state index contributed by atoms with van der Waals surface area (Å²) in [5, 5.41) is 2.90. The maximum Gasteiger partial charge on any atom is 0.324 e. The Balaban J connectivity index is 2.12. The molecular formula is C13H16FN5O2. The second-order valence-electron chi connectivity index (χ2n) is 4.12. The standard InChI is InChI=1S/C13H16FN5O2/c1-20-12-17-11(18-13(19-12)21-2)16-7-9-4-3-8(6-15)5-10(9)14/h3-5H,6-7,15H2,1-2H3,(H,16,17,18,19). The van der Waals surface area contributed by atoms with Gasteiger partial charge in [0.25, 0.3) is 0 Å². The number of nitrogens with zero attached hydrogens (tertiary/aromatic N) is 3. The number of anilines is 1. The fourth-order valence-corrected chi connectivity index (χ4v) is 1.64. The molecule has 2 rings (SSSR count). The summed E-state index contributed by atoms with van der Waals surface area (Å²) in [5.74, 6) is -0.0977. The van der Waals surface area contributed by atoms with E-state index in [1.54, 1.807) is 12.1 Å². The first-order chi connectivity index (χ1) is 10.2. The molecule has 0 saturated heterocycles. The second-order valence-corrected chi connectivity index (χ2v) is 4.12. The number of nitrogens with two attached hydrogens (primary N) is 1. The maximum absolute atomic E-state index is 13.8. The number of rotatable bonds is 6. The first kappa shape index (κ1) is 14.9. The summed E-state index contributed by atoms with van der Waals surface area (Å²) in [6, 6.07) is 5.08. The summed E-state index contributed by atoms with van der Waals surface area (Å²) in [5.41, 5.74) is 6.67. The van der Waals surface area contributed by atoms with Crippen molar-refractivity contribution < 1.29 is 13.9 Å². The Morgan fingerprint density at radius 1 is 1.14 bits per heavy atom. The number of nitrogens with one attached hydrogen (secondary N) is 1. The lowest BCUT2D eigenvalue weighted by atomic mass is 10.1. The molecule has 1 aromatic carbocycles. The Bertz CT molecular complexity index is 601. The van der Waals surface area contributed by atoms with Crippen molar-refractivity contribution in [1.82, 2.24) is 15.0 Å². The van der Waals surface area contributed by atoms with Gasteiger partial charge in [-0.3, -0.25) is 0 Å². The van der Waals surface area contributed by atoms with E-state index in [9.17, 15) is 4.39 Å². The van der Waals surface area contributed by atoms with E-state index in [0.717, 1.165) is 5.56 Å². The molecule has 0 atom stereocenters. The van der Waals surface area contributed by atoms with Crippen LogP contribution in [0, 0.1) is 5.82 Å². The van der Waals surface area contributed by atoms with Crippen molar-refractivity contribution in [3.05, 3.63) is 35.1 Å². The second kappa shape index (κ2) is 6.80. The zero-order valence-corrected chi connectivity index (χ0v) is 11.8. The first-order valence-electron chi connectivity index (χ1n) is 6.21. The van der Waals surface area contributed by atoms with E-state index in [2.05, 4.69) is 20.3 Å². The van der Waals surface area contributed by atoms with Crippen LogP contribution >= 0.6 is 0 Å². The molecule has 8 heteroatoms. The van der Waals surface area contributed by atoms with Gasteiger partial charge in [0.15, 0.2) is 0 Å². The van der Waals surface area contributed by atoms with Crippen molar-refractivity contribution in [3.8, 4) is 12.0 Å². The van der Waals surface area contributed by atoms with E-state index >= 15 is 0 Å². The van der Waals surface area contributed by atoms with E-state index in [0.29, 0.717) is 12.1 Å². The van der Waals surface area contributed by atoms with Crippen LogP contribution in [0.25, 0.3) is 0 Å². The minimum Gasteiger partial charge on any atom is -0.467 e. The van der Waals surface area contributed by atoms with Gasteiger partial charge in [-0.1, -0.05) is 12.1 Å². The van der Waals surface area contributed by atoms with Gasteiger partial charge in [-0.2, -0.15) is 9.97 Å². The monoisotopic (exact) mass is 293 g/mol. The van der Waals surface area contributed by atoms with Crippen LogP contribution in [0.4, 0.5) is 10.3 Å². The molecule has 1 heterocycles. The molecule has 0 aliphatic rings. The number of hydrogen-bond acceptors (Lipinski definition) is 7. The molecule has 0 radical (unpaired) electrons. The Morgan fingerprint density at radius 3 is 2.33 bits per heavy atom. The average Bonchev–Trinajstić information content (AvgIpc) is 2.53. The number of hydrogen-bond donors (Lipinski definition) is 2. The lowest BCUT2D eigenvalue weighted by molar-refractivity contribution is 0.341. The molecular weight excluding hydrogens is 277 g/mol. The SMILES string of the molecule is COc1nc(NCc2ccc(CN)cc2F)nc(OC)n1. The summed E-state index contributed by atoms with van der Waals surface area (Å²) in [6.07, 6.45) is 0. The van der Waals surface area contributed by atoms with Crippen molar-refractivity contribution >= 4 is 5.95 Å². The van der Waals surface area contributed by atoms with Crippen molar-refractivity contribution in [1.29, 1.82) is 0 Å². The largest absolute Gasteiger partial charge is 0.467 e. The van der Waals surface area contributed by atoms with Crippen molar-refractivity contribution in [2.24, 2.45) is 5.73 Å². The Hall–Kier alpha value is -2.48. The maximum atomic E-state index is 13.8. The zero-order valence-electron chi connectivity index (χ0n) is 11.8. The molecule has 0 spiro atoms. The molecule has 2 aromatic rings. The van der Waals surface area contributed by atoms with Crippen LogP contribution in [0.3, 0.4) is 0 Å². The topological polar surface area (TPSA) is 95.2 Å². The highest BCUT2D eigenvalue weighted by atomic mass is 19.1. The van der Waals surface area contributed by atoms with E-state index < -0.39 is 0 Å². The van der Waals surface area contributed by atoms with Crippen LogP contribution in [0.2, 0.25) is 0 Å². The van der Waals surface area contributed by atoms with E-state index in [-0.39, 0.29) is 30.3 Å². The van der Waals surface area contributed by atoms with E-state index in [4.69, 9.17) is 15.2 Å². The average molecular weight is 293 g/mol. The van der Waals surface area contributed by atoms with Gasteiger partial charge >= 0.3 is 12.0 Å². The van der Waals surface area contributed by atoms with Crippen molar-refractivity contribution in [2.45, 2.75) is 13.1 Å². The highest BCUT2D eigenvalue weighted by Crippen LogP contribution is 2.15. The molecule has 0 aliphatic carbocycles. The zero-order chi connectivity index (χ0) is 15.2. The molecule has 7 nitrogen and oxygen atoms in total. The predicted molar refractivity (Wildman–Crippen MR) is 74.5 cm³/mol. The Labute approximate surface area is 121 Å². The molecule has 3 N–H and O–H groups in total. The van der Waals surface area contributed by atoms with Gasteiger partial charge in [-0.25, -0.2) is 4.39 Å². The summed E-state index contributed by atoms with van der Waals surface area (Å²) < 4.78 is 23.7. The molecule has 0 unspecified atom stereocenters. The minimum absolute atomic E-state index is 0.114. The third-order valence-corrected chi connectivity index (χ3v) is 2.75. The van der Waals surface area contributed by atoms with Gasteiger partial charge in [0.1, 0.15) is 5.82 Å². The van der Waals surface area contributed by atoms with Crippen LogP contribution in [-0.4, -0.2) is 29.2 Å². The number of ether oxygens (including phenoxy) is 2. The van der Waals surface area contributed by atoms with Gasteiger partial charge in [0.05, 0.1) is 14.2 Å². The molecule has 0 bridgehead atoms. The summed E-state index contributed by atoms with van der Waals surface area (Å²) in [4.78, 5) is 11.9. The number of halogens is 1. The van der Waals surface area contributed by atoms with Gasteiger partial charge in [0, 0.05) is 18.7 Å². The highest BCUT2D eigenvalue weighted by Gasteiger charge is 2.08. The van der Waals surface area contributed by atoms with Crippen molar-refractivity contribution in [2.75, 3.05) is 19.5 Å². The normalized spacial score (nSPS) is 10.3. The third-order valence-electron chi connectivity index (χ3n) is 2.75. The summed E-state index contributed by atoms with van der Waals surface area (Å²) in [6.45, 7) is 0.513. The summed E-state index contributed by atoms with van der Waals surface area (Å²) >= 11 is 0. The lowest BCUT2D eigenvalue weighted by Crippen LogP contribution is -2.08. The Kier molecular flexibility index (Phi) is 4.83. The highest BCUT2D eigenvalue weighted by molar-refractivity contribution is 5.32. The van der Waals surface area contributed by atoms with Gasteiger partial charge < -0.3 is 20.5 Å². The number of aromatic nitrogens is 3. The first-order valence-corrected chi connectivity index (χ1v) is 6.21. The minimum atomic E-state index is -0.335. The lowest BCUT2D eigenvalue weighted by Gasteiger charge is -2.08. The van der Waals surface area contributed by atoms with Crippen LogP contribution in [0.5, 0.6) is 12.0 Å². The molecule has 21 heavy (non-hydrogen) atoms. The quantitative estimate of drug-likeness (QED) is 0.823. The molecule has 0 saturated carbocycles. The summed E-state index contributed by atoms with van der Waals surface area (Å²) in [7, 11) is 2.87. The number of methoxy groups -OCH3 is 2. The van der Waals surface area contributed by atoms with E-state index in [1.807, 2.05) is 0 Å². The van der Waals surface area contributed by atoms with E-state index in [1.165, 1.54) is 20.3 Å². The molecule has 0 fully saturated rings. The molecule has 112 valence electrons. The van der Waals surface area contributed by atoms with Gasteiger partial charge in [0.2, 0.25) is 5.95 Å².